The molecule has 3 aliphatic rings. The maximum Gasteiger partial charge on any atom is 0.231 e. The number of rotatable bonds is 4. The second kappa shape index (κ2) is 9.48. The van der Waals surface area contributed by atoms with E-state index >= 15 is 0 Å². The number of ether oxygens (including phenoxy) is 2. The summed E-state index contributed by atoms with van der Waals surface area (Å²) < 4.78 is 11.2. The van der Waals surface area contributed by atoms with Gasteiger partial charge in [-0.25, -0.2) is 0 Å². The first-order chi connectivity index (χ1) is 19.1. The average molecular weight is 515 g/mol. The lowest BCUT2D eigenvalue weighted by Crippen LogP contribution is -2.26. The van der Waals surface area contributed by atoms with Crippen LogP contribution in [0.5, 0.6) is 11.5 Å². The molecule has 2 unspecified atom stereocenters. The molecule has 4 aromatic carbocycles. The number of ketones is 2. The molecule has 2 heterocycles. The van der Waals surface area contributed by atoms with Crippen LogP contribution in [-0.4, -0.2) is 18.4 Å². The first kappa shape index (κ1) is 23.3. The van der Waals surface area contributed by atoms with Gasteiger partial charge in [0.2, 0.25) is 6.79 Å². The first-order valence-corrected chi connectivity index (χ1v) is 13.1. The molecule has 0 fully saturated rings. The van der Waals surface area contributed by atoms with E-state index in [-0.39, 0.29) is 30.3 Å². The van der Waals surface area contributed by atoms with Gasteiger partial charge in [0.15, 0.2) is 23.1 Å². The van der Waals surface area contributed by atoms with Gasteiger partial charge >= 0.3 is 0 Å². The summed E-state index contributed by atoms with van der Waals surface area (Å²) in [4.78, 5) is 27.1. The van der Waals surface area contributed by atoms with E-state index in [2.05, 4.69) is 22.8 Å². The highest BCUT2D eigenvalue weighted by Gasteiger charge is 2.36. The Bertz CT molecular complexity index is 1630. The molecule has 0 saturated carbocycles. The highest BCUT2D eigenvalue weighted by atomic mass is 16.7. The van der Waals surface area contributed by atoms with Crippen LogP contribution in [0.25, 0.3) is 0 Å². The number of Topliss-reactive ketones (excluding diaryl/α,β-unsaturated/α-hetero) is 1. The predicted octanol–water partition coefficient (Wildman–Crippen LogP) is 6.63. The molecule has 6 heteroatoms. The lowest BCUT2D eigenvalue weighted by molar-refractivity contribution is -0.116. The number of anilines is 2. The predicted molar refractivity (Wildman–Crippen MR) is 149 cm³/mol. The standard InChI is InChI=1S/C33H26N2O4/c36-28-17-24(20-7-3-1-4-8-20)16-27-31(28)32(22-12-14-29-30(18-22)39-19-38-29)35-25-13-11-23(15-26(25)34-27)33(37)21-9-5-2-6-10-21/h1-15,18,24,32,34-35H,16-17,19H2. The van der Waals surface area contributed by atoms with Gasteiger partial charge in [-0.1, -0.05) is 66.7 Å². The van der Waals surface area contributed by atoms with E-state index in [0.717, 1.165) is 28.2 Å². The molecule has 6 nitrogen and oxygen atoms in total. The third kappa shape index (κ3) is 4.24. The van der Waals surface area contributed by atoms with E-state index in [4.69, 9.17) is 9.47 Å². The molecule has 0 saturated heterocycles. The number of hydrogen-bond acceptors (Lipinski definition) is 6. The number of carbonyl (C=O) groups is 2. The molecule has 2 N–H and O–H groups in total. The SMILES string of the molecule is O=C1CC(c2ccccc2)CC2=C1C(c1ccc3c(c1)OCO3)Nc1ccc(C(=O)c3ccccc3)cc1N2. The fourth-order valence-electron chi connectivity index (χ4n) is 5.75. The average Bonchev–Trinajstić information content (AvgIpc) is 3.38. The second-order valence-corrected chi connectivity index (χ2v) is 10.1. The summed E-state index contributed by atoms with van der Waals surface area (Å²) in [6.45, 7) is 0.186. The van der Waals surface area contributed by atoms with Crippen LogP contribution in [-0.2, 0) is 4.79 Å². The van der Waals surface area contributed by atoms with E-state index < -0.39 is 0 Å². The first-order valence-electron chi connectivity index (χ1n) is 13.1. The van der Waals surface area contributed by atoms with Crippen LogP contribution in [0, 0.1) is 0 Å². The van der Waals surface area contributed by atoms with Crippen LogP contribution in [0.15, 0.2) is 108 Å². The van der Waals surface area contributed by atoms with Crippen LogP contribution in [0.2, 0.25) is 0 Å². The number of fused-ring (bicyclic) bond motifs is 2. The molecular formula is C33H26N2O4. The van der Waals surface area contributed by atoms with Gasteiger partial charge < -0.3 is 20.1 Å². The summed E-state index contributed by atoms with van der Waals surface area (Å²) in [6, 6.07) is 30.5. The zero-order valence-corrected chi connectivity index (χ0v) is 21.1. The maximum atomic E-state index is 13.8. The van der Waals surface area contributed by atoms with Crippen molar-refractivity contribution in [1.29, 1.82) is 0 Å². The normalized spacial score (nSPS) is 19.3. The molecule has 0 spiro atoms. The molecule has 2 aliphatic heterocycles. The van der Waals surface area contributed by atoms with Crippen molar-refractivity contribution in [2.24, 2.45) is 0 Å². The maximum absolute atomic E-state index is 13.8. The number of allylic oxidation sites excluding steroid dienone is 1. The number of benzene rings is 4. The van der Waals surface area contributed by atoms with E-state index in [1.165, 1.54) is 0 Å². The Balaban J connectivity index is 1.32. The molecule has 0 radical (unpaired) electrons. The number of carbonyl (C=O) groups excluding carboxylic acids is 2. The fraction of sp³-hybridized carbons (Fsp3) is 0.152. The van der Waals surface area contributed by atoms with E-state index in [9.17, 15) is 9.59 Å². The summed E-state index contributed by atoms with van der Waals surface area (Å²) >= 11 is 0. The molecule has 4 aromatic rings. The monoisotopic (exact) mass is 514 g/mol. The summed E-state index contributed by atoms with van der Waals surface area (Å²) in [5.41, 5.74) is 6.46. The molecule has 0 bridgehead atoms. The molecular weight excluding hydrogens is 488 g/mol. The Morgan fingerprint density at radius 1 is 0.718 bits per heavy atom. The summed E-state index contributed by atoms with van der Waals surface area (Å²) in [6.07, 6.45) is 1.12. The van der Waals surface area contributed by atoms with Gasteiger partial charge in [0.1, 0.15) is 0 Å². The van der Waals surface area contributed by atoms with Crippen molar-refractivity contribution in [2.75, 3.05) is 17.4 Å². The van der Waals surface area contributed by atoms with Gasteiger partial charge in [0, 0.05) is 28.8 Å². The Morgan fingerprint density at radius 3 is 2.31 bits per heavy atom. The van der Waals surface area contributed by atoms with Crippen molar-refractivity contribution < 1.29 is 19.1 Å². The van der Waals surface area contributed by atoms with Crippen LogP contribution < -0.4 is 20.1 Å². The topological polar surface area (TPSA) is 76.7 Å². The molecule has 0 aromatic heterocycles. The quantitative estimate of drug-likeness (QED) is 0.298. The Hall–Kier alpha value is -4.84. The van der Waals surface area contributed by atoms with Gasteiger partial charge in [0.25, 0.3) is 0 Å². The van der Waals surface area contributed by atoms with Crippen molar-refractivity contribution in [1.82, 2.24) is 0 Å². The van der Waals surface area contributed by atoms with Gasteiger partial charge in [-0.05, 0) is 53.8 Å². The van der Waals surface area contributed by atoms with Crippen molar-refractivity contribution in [2.45, 2.75) is 24.8 Å². The van der Waals surface area contributed by atoms with Gasteiger partial charge in [0.05, 0.1) is 17.4 Å². The molecule has 0 amide bonds. The molecule has 2 atom stereocenters. The van der Waals surface area contributed by atoms with Crippen molar-refractivity contribution in [3.8, 4) is 11.5 Å². The van der Waals surface area contributed by atoms with E-state index in [1.54, 1.807) is 0 Å². The molecule has 39 heavy (non-hydrogen) atoms. The summed E-state index contributed by atoms with van der Waals surface area (Å²) in [5.74, 6) is 1.48. The Morgan fingerprint density at radius 2 is 1.49 bits per heavy atom. The minimum Gasteiger partial charge on any atom is -0.454 e. The zero-order chi connectivity index (χ0) is 26.3. The minimum absolute atomic E-state index is 0.0483. The number of hydrogen-bond donors (Lipinski definition) is 2. The van der Waals surface area contributed by atoms with Crippen molar-refractivity contribution in [3.63, 3.8) is 0 Å². The summed E-state index contributed by atoms with van der Waals surface area (Å²) in [7, 11) is 0. The van der Waals surface area contributed by atoms with Crippen LogP contribution in [0.3, 0.4) is 0 Å². The van der Waals surface area contributed by atoms with Crippen LogP contribution in [0.4, 0.5) is 11.4 Å². The van der Waals surface area contributed by atoms with Gasteiger partial charge in [-0.15, -0.1) is 0 Å². The third-order valence-corrected chi connectivity index (χ3v) is 7.70. The highest BCUT2D eigenvalue weighted by molar-refractivity contribution is 6.10. The molecule has 192 valence electrons. The second-order valence-electron chi connectivity index (χ2n) is 10.1. The van der Waals surface area contributed by atoms with E-state index in [0.29, 0.717) is 41.0 Å². The Labute approximate surface area is 226 Å². The third-order valence-electron chi connectivity index (χ3n) is 7.70. The van der Waals surface area contributed by atoms with Crippen LogP contribution >= 0.6 is 0 Å². The van der Waals surface area contributed by atoms with Gasteiger partial charge in [-0.2, -0.15) is 0 Å². The zero-order valence-electron chi connectivity index (χ0n) is 21.1. The smallest absolute Gasteiger partial charge is 0.231 e. The molecule has 7 rings (SSSR count). The lowest BCUT2D eigenvalue weighted by atomic mass is 9.78. The minimum atomic E-state index is -0.386. The highest BCUT2D eigenvalue weighted by Crippen LogP contribution is 2.46. The van der Waals surface area contributed by atoms with Gasteiger partial charge in [-0.3, -0.25) is 9.59 Å². The molecule has 1 aliphatic carbocycles. The van der Waals surface area contributed by atoms with Crippen molar-refractivity contribution in [3.05, 3.63) is 131 Å². The summed E-state index contributed by atoms with van der Waals surface area (Å²) in [5, 5.41) is 7.19. The van der Waals surface area contributed by atoms with Crippen molar-refractivity contribution >= 4 is 22.9 Å². The van der Waals surface area contributed by atoms with Crippen LogP contribution in [0.1, 0.15) is 51.8 Å². The number of nitrogens with one attached hydrogen (secondary N) is 2. The Kier molecular flexibility index (Phi) is 5.66. The largest absolute Gasteiger partial charge is 0.454 e. The lowest BCUT2D eigenvalue weighted by Gasteiger charge is -2.30. The van der Waals surface area contributed by atoms with E-state index in [1.807, 2.05) is 84.9 Å². The fourth-order valence-corrected chi connectivity index (χ4v) is 5.75.